The summed E-state index contributed by atoms with van der Waals surface area (Å²) in [4.78, 5) is 10.9. The normalized spacial score (nSPS) is 14.0. The highest BCUT2D eigenvalue weighted by Gasteiger charge is 2.28. The molecule has 1 aromatic heterocycles. The number of nitrogens with zero attached hydrogens (tertiary/aromatic N) is 3. The van der Waals surface area contributed by atoms with Gasteiger partial charge in [0.2, 0.25) is 0 Å². The Kier molecular flexibility index (Phi) is 3.73. The zero-order chi connectivity index (χ0) is 14.8. The van der Waals surface area contributed by atoms with Gasteiger partial charge in [-0.15, -0.1) is 0 Å². The largest absolute Gasteiger partial charge is 0.370 e. The standard InChI is InChI=1S/C16H19FN4/c1-3-18-14-10-15(20-16(19-14)11-8-9-11)21(2)13-7-5-4-6-12(13)17/h4-7,10-11H,3,8-9H2,1-2H3,(H,18,19,20). The van der Waals surface area contributed by atoms with Gasteiger partial charge in [0.25, 0.3) is 0 Å². The van der Waals surface area contributed by atoms with Crippen LogP contribution in [-0.2, 0) is 0 Å². The van der Waals surface area contributed by atoms with Crippen molar-refractivity contribution >= 4 is 17.3 Å². The van der Waals surface area contributed by atoms with Crippen LogP contribution in [0.25, 0.3) is 0 Å². The van der Waals surface area contributed by atoms with Crippen LogP contribution in [0.2, 0.25) is 0 Å². The van der Waals surface area contributed by atoms with Gasteiger partial charge in [0.05, 0.1) is 5.69 Å². The quantitative estimate of drug-likeness (QED) is 0.910. The minimum absolute atomic E-state index is 0.253. The van der Waals surface area contributed by atoms with Crippen LogP contribution < -0.4 is 10.2 Å². The monoisotopic (exact) mass is 286 g/mol. The molecule has 0 bridgehead atoms. The second-order valence-corrected chi connectivity index (χ2v) is 5.28. The summed E-state index contributed by atoms with van der Waals surface area (Å²) in [5.74, 6) is 2.57. The third kappa shape index (κ3) is 2.96. The van der Waals surface area contributed by atoms with Crippen LogP contribution in [0.5, 0.6) is 0 Å². The SMILES string of the molecule is CCNc1cc(N(C)c2ccccc2F)nc(C2CC2)n1. The molecule has 0 amide bonds. The van der Waals surface area contributed by atoms with Crippen molar-refractivity contribution in [2.45, 2.75) is 25.7 Å². The number of rotatable bonds is 5. The Morgan fingerprint density at radius 2 is 2.05 bits per heavy atom. The molecule has 0 atom stereocenters. The van der Waals surface area contributed by atoms with Crippen LogP contribution in [0.3, 0.4) is 0 Å². The van der Waals surface area contributed by atoms with Crippen LogP contribution in [0.1, 0.15) is 31.5 Å². The van der Waals surface area contributed by atoms with E-state index in [9.17, 15) is 4.39 Å². The molecule has 1 aromatic carbocycles. The van der Waals surface area contributed by atoms with Crippen molar-refractivity contribution < 1.29 is 4.39 Å². The molecule has 0 radical (unpaired) electrons. The Morgan fingerprint density at radius 1 is 1.29 bits per heavy atom. The third-order valence-corrected chi connectivity index (χ3v) is 3.59. The molecule has 110 valence electrons. The summed E-state index contributed by atoms with van der Waals surface area (Å²) in [7, 11) is 1.83. The molecule has 1 N–H and O–H groups in total. The summed E-state index contributed by atoms with van der Waals surface area (Å²) in [5.41, 5.74) is 0.514. The second kappa shape index (κ2) is 5.68. The highest BCUT2D eigenvalue weighted by molar-refractivity contribution is 5.62. The Labute approximate surface area is 124 Å². The number of aromatic nitrogens is 2. The van der Waals surface area contributed by atoms with Gasteiger partial charge in [0, 0.05) is 25.6 Å². The highest BCUT2D eigenvalue weighted by Crippen LogP contribution is 2.39. The van der Waals surface area contributed by atoms with Crippen LogP contribution in [0.15, 0.2) is 30.3 Å². The van der Waals surface area contributed by atoms with E-state index in [0.717, 1.165) is 31.0 Å². The number of benzene rings is 1. The van der Waals surface area contributed by atoms with Crippen molar-refractivity contribution in [3.63, 3.8) is 0 Å². The van der Waals surface area contributed by atoms with Crippen molar-refractivity contribution in [1.82, 2.24) is 9.97 Å². The average Bonchev–Trinajstić information content (AvgIpc) is 3.32. The molecule has 1 aliphatic carbocycles. The molecular weight excluding hydrogens is 267 g/mol. The molecule has 0 aliphatic heterocycles. The summed E-state index contributed by atoms with van der Waals surface area (Å²) in [6, 6.07) is 8.58. The minimum atomic E-state index is -0.253. The first kappa shape index (κ1) is 13.8. The van der Waals surface area contributed by atoms with Gasteiger partial charge in [-0.3, -0.25) is 0 Å². The van der Waals surface area contributed by atoms with E-state index in [4.69, 9.17) is 0 Å². The Bertz CT molecular complexity index is 640. The third-order valence-electron chi connectivity index (χ3n) is 3.59. The van der Waals surface area contributed by atoms with Gasteiger partial charge < -0.3 is 10.2 Å². The number of para-hydroxylation sites is 1. The minimum Gasteiger partial charge on any atom is -0.370 e. The van der Waals surface area contributed by atoms with Gasteiger partial charge in [-0.25, -0.2) is 14.4 Å². The molecule has 1 aliphatic rings. The van der Waals surface area contributed by atoms with Gasteiger partial charge in [-0.05, 0) is 31.9 Å². The topological polar surface area (TPSA) is 41.0 Å². The van der Waals surface area contributed by atoms with Gasteiger partial charge in [0.15, 0.2) is 0 Å². The maximum Gasteiger partial charge on any atom is 0.146 e. The lowest BCUT2D eigenvalue weighted by atomic mass is 10.2. The number of anilines is 3. The van der Waals surface area contributed by atoms with E-state index < -0.39 is 0 Å². The fourth-order valence-electron chi connectivity index (χ4n) is 2.27. The maximum absolute atomic E-state index is 13.9. The summed E-state index contributed by atoms with van der Waals surface area (Å²) in [6.07, 6.45) is 2.27. The van der Waals surface area contributed by atoms with Gasteiger partial charge in [-0.2, -0.15) is 0 Å². The van der Waals surface area contributed by atoms with E-state index in [1.807, 2.05) is 26.1 Å². The zero-order valence-electron chi connectivity index (χ0n) is 12.3. The molecular formula is C16H19FN4. The smallest absolute Gasteiger partial charge is 0.146 e. The van der Waals surface area contributed by atoms with E-state index in [1.54, 1.807) is 17.0 Å². The molecule has 2 aromatic rings. The predicted molar refractivity (Wildman–Crippen MR) is 82.6 cm³/mol. The lowest BCUT2D eigenvalue weighted by Gasteiger charge is -2.20. The van der Waals surface area contributed by atoms with Crippen molar-refractivity contribution in [3.8, 4) is 0 Å². The van der Waals surface area contributed by atoms with Crippen LogP contribution in [0, 0.1) is 5.82 Å². The molecule has 3 rings (SSSR count). The van der Waals surface area contributed by atoms with E-state index in [2.05, 4.69) is 15.3 Å². The maximum atomic E-state index is 13.9. The molecule has 1 saturated carbocycles. The lowest BCUT2D eigenvalue weighted by Crippen LogP contribution is -2.15. The number of hydrogen-bond donors (Lipinski definition) is 1. The first-order valence-electron chi connectivity index (χ1n) is 7.30. The first-order chi connectivity index (χ1) is 10.2. The van der Waals surface area contributed by atoms with Gasteiger partial charge in [0.1, 0.15) is 23.3 Å². The number of nitrogens with one attached hydrogen (secondary N) is 1. The Balaban J connectivity index is 1.98. The number of halogens is 1. The molecule has 0 saturated heterocycles. The van der Waals surface area contributed by atoms with Gasteiger partial charge >= 0.3 is 0 Å². The van der Waals surface area contributed by atoms with Crippen molar-refractivity contribution in [2.75, 3.05) is 23.8 Å². The lowest BCUT2D eigenvalue weighted by molar-refractivity contribution is 0.627. The predicted octanol–water partition coefficient (Wildman–Crippen LogP) is 3.69. The summed E-state index contributed by atoms with van der Waals surface area (Å²) in [6.45, 7) is 2.82. The van der Waals surface area contributed by atoms with Gasteiger partial charge in [-0.1, -0.05) is 12.1 Å². The van der Waals surface area contributed by atoms with Crippen molar-refractivity contribution in [1.29, 1.82) is 0 Å². The van der Waals surface area contributed by atoms with E-state index >= 15 is 0 Å². The molecule has 4 nitrogen and oxygen atoms in total. The molecule has 0 unspecified atom stereocenters. The average molecular weight is 286 g/mol. The second-order valence-electron chi connectivity index (χ2n) is 5.28. The Hall–Kier alpha value is -2.17. The zero-order valence-corrected chi connectivity index (χ0v) is 12.3. The molecule has 0 spiro atoms. The first-order valence-corrected chi connectivity index (χ1v) is 7.30. The molecule has 21 heavy (non-hydrogen) atoms. The van der Waals surface area contributed by atoms with E-state index in [0.29, 0.717) is 17.4 Å². The number of hydrogen-bond acceptors (Lipinski definition) is 4. The Morgan fingerprint density at radius 3 is 2.71 bits per heavy atom. The molecule has 1 heterocycles. The highest BCUT2D eigenvalue weighted by atomic mass is 19.1. The summed E-state index contributed by atoms with van der Waals surface area (Å²) in [5, 5.41) is 3.22. The summed E-state index contributed by atoms with van der Waals surface area (Å²) >= 11 is 0. The molecule has 5 heteroatoms. The van der Waals surface area contributed by atoms with Crippen LogP contribution in [0.4, 0.5) is 21.7 Å². The van der Waals surface area contributed by atoms with Crippen LogP contribution in [-0.4, -0.2) is 23.6 Å². The fourth-order valence-corrected chi connectivity index (χ4v) is 2.27. The van der Waals surface area contributed by atoms with Crippen LogP contribution >= 0.6 is 0 Å². The fraction of sp³-hybridized carbons (Fsp3) is 0.375. The summed E-state index contributed by atoms with van der Waals surface area (Å²) < 4.78 is 13.9. The van der Waals surface area contributed by atoms with Crippen molar-refractivity contribution in [2.24, 2.45) is 0 Å². The van der Waals surface area contributed by atoms with Crippen molar-refractivity contribution in [3.05, 3.63) is 42.0 Å². The van der Waals surface area contributed by atoms with E-state index in [-0.39, 0.29) is 5.82 Å². The van der Waals surface area contributed by atoms with E-state index in [1.165, 1.54) is 6.07 Å². The molecule has 1 fully saturated rings.